The van der Waals surface area contributed by atoms with Gasteiger partial charge in [0.05, 0.1) is 0 Å². The smallest absolute Gasteiger partial charge is 0.251 e. The number of aryl methyl sites for hydroxylation is 2. The Kier molecular flexibility index (Phi) is 9.07. The Bertz CT molecular complexity index is 964. The number of ether oxygens (including phenoxy) is 1. The van der Waals surface area contributed by atoms with Crippen LogP contribution in [0.4, 0.5) is 5.69 Å². The second kappa shape index (κ2) is 12.0. The molecule has 0 spiro atoms. The molecule has 0 aromatic heterocycles. The summed E-state index contributed by atoms with van der Waals surface area (Å²) >= 11 is 0. The fourth-order valence-electron chi connectivity index (χ4n) is 4.75. The fourth-order valence-corrected chi connectivity index (χ4v) is 4.75. The Morgan fingerprint density at radius 1 is 1.03 bits per heavy atom. The number of benzene rings is 2. The van der Waals surface area contributed by atoms with Gasteiger partial charge in [0.25, 0.3) is 5.91 Å². The summed E-state index contributed by atoms with van der Waals surface area (Å²) in [7, 11) is 1.69. The van der Waals surface area contributed by atoms with Gasteiger partial charge in [-0.2, -0.15) is 0 Å². The third kappa shape index (κ3) is 6.67. The van der Waals surface area contributed by atoms with Crippen molar-refractivity contribution in [3.05, 3.63) is 64.2 Å². The lowest BCUT2D eigenvalue weighted by molar-refractivity contribution is -0.117. The van der Waals surface area contributed by atoms with Crippen molar-refractivity contribution in [2.24, 2.45) is 0 Å². The number of nitrogens with zero attached hydrogens (tertiary/aromatic N) is 1. The van der Waals surface area contributed by atoms with Gasteiger partial charge in [0.1, 0.15) is 0 Å². The molecule has 2 amide bonds. The van der Waals surface area contributed by atoms with E-state index in [-0.39, 0.29) is 11.8 Å². The Hall–Kier alpha value is -2.66. The summed E-state index contributed by atoms with van der Waals surface area (Å²) in [6, 6.07) is 12.8. The van der Waals surface area contributed by atoms with Crippen LogP contribution >= 0.6 is 0 Å². The molecule has 1 N–H and O–H groups in total. The maximum atomic E-state index is 12.7. The SMILES string of the molecule is COCCCCNC(=O)c1cc(Cc2ccc(N(C(C)=O)C3CCCC3)cc2C)ccc1C. The van der Waals surface area contributed by atoms with Crippen LogP contribution in [0, 0.1) is 13.8 Å². The first-order chi connectivity index (χ1) is 15.9. The number of unbranched alkanes of at least 4 members (excludes halogenated alkanes) is 1. The van der Waals surface area contributed by atoms with E-state index < -0.39 is 0 Å². The van der Waals surface area contributed by atoms with E-state index in [0.717, 1.165) is 54.5 Å². The zero-order valence-corrected chi connectivity index (χ0v) is 20.6. The van der Waals surface area contributed by atoms with E-state index in [1.165, 1.54) is 24.0 Å². The summed E-state index contributed by atoms with van der Waals surface area (Å²) in [4.78, 5) is 27.0. The quantitative estimate of drug-likeness (QED) is 0.497. The molecule has 1 fully saturated rings. The molecule has 0 radical (unpaired) electrons. The van der Waals surface area contributed by atoms with Crippen molar-refractivity contribution in [3.63, 3.8) is 0 Å². The van der Waals surface area contributed by atoms with Crippen LogP contribution in [0.3, 0.4) is 0 Å². The largest absolute Gasteiger partial charge is 0.385 e. The van der Waals surface area contributed by atoms with E-state index in [0.29, 0.717) is 19.2 Å². The van der Waals surface area contributed by atoms with E-state index in [1.54, 1.807) is 14.0 Å². The maximum Gasteiger partial charge on any atom is 0.251 e. The zero-order valence-electron chi connectivity index (χ0n) is 20.6. The molecule has 3 rings (SSSR count). The van der Waals surface area contributed by atoms with Gasteiger partial charge in [0.2, 0.25) is 5.91 Å². The highest BCUT2D eigenvalue weighted by molar-refractivity contribution is 5.95. The van der Waals surface area contributed by atoms with Gasteiger partial charge in [0, 0.05) is 44.5 Å². The minimum absolute atomic E-state index is 0.0208. The van der Waals surface area contributed by atoms with E-state index in [1.807, 2.05) is 24.0 Å². The molecule has 5 heteroatoms. The van der Waals surface area contributed by atoms with Crippen LogP contribution in [0.1, 0.15) is 78.1 Å². The molecule has 1 saturated carbocycles. The molecule has 178 valence electrons. The lowest BCUT2D eigenvalue weighted by Gasteiger charge is -2.28. The van der Waals surface area contributed by atoms with Gasteiger partial charge in [-0.15, -0.1) is 0 Å². The second-order valence-corrected chi connectivity index (χ2v) is 9.22. The molecule has 33 heavy (non-hydrogen) atoms. The molecule has 0 unspecified atom stereocenters. The van der Waals surface area contributed by atoms with Crippen LogP contribution in [-0.4, -0.2) is 38.1 Å². The summed E-state index contributed by atoms with van der Waals surface area (Å²) < 4.78 is 5.06. The van der Waals surface area contributed by atoms with E-state index in [4.69, 9.17) is 4.74 Å². The number of carbonyl (C=O) groups is 2. The average Bonchev–Trinajstić information content (AvgIpc) is 3.30. The lowest BCUT2D eigenvalue weighted by atomic mass is 9.96. The summed E-state index contributed by atoms with van der Waals surface area (Å²) in [5.74, 6) is 0.0953. The second-order valence-electron chi connectivity index (χ2n) is 9.22. The van der Waals surface area contributed by atoms with Gasteiger partial charge in [-0.1, -0.05) is 31.0 Å². The van der Waals surface area contributed by atoms with E-state index in [9.17, 15) is 9.59 Å². The molecular formula is C28H38N2O3. The Labute approximate surface area is 198 Å². The lowest BCUT2D eigenvalue weighted by Crippen LogP contribution is -2.37. The number of rotatable bonds is 10. The number of amides is 2. The topological polar surface area (TPSA) is 58.6 Å². The van der Waals surface area contributed by atoms with Crippen molar-refractivity contribution in [2.75, 3.05) is 25.2 Å². The maximum absolute atomic E-state index is 12.7. The molecule has 0 bridgehead atoms. The Balaban J connectivity index is 1.70. The molecule has 0 aliphatic heterocycles. The fraction of sp³-hybridized carbons (Fsp3) is 0.500. The number of anilines is 1. The van der Waals surface area contributed by atoms with Crippen LogP contribution in [0.15, 0.2) is 36.4 Å². The minimum atomic E-state index is -0.0208. The normalized spacial score (nSPS) is 13.8. The van der Waals surface area contributed by atoms with Gasteiger partial charge in [-0.3, -0.25) is 9.59 Å². The van der Waals surface area contributed by atoms with Crippen LogP contribution in [0.5, 0.6) is 0 Å². The number of nitrogens with one attached hydrogen (secondary N) is 1. The van der Waals surface area contributed by atoms with Crippen LogP contribution in [0.2, 0.25) is 0 Å². The third-order valence-corrected chi connectivity index (χ3v) is 6.64. The standard InChI is InChI=1S/C28H38N2O3/c1-20-11-12-23(19-27(20)28(32)29-15-7-8-16-33-4)18-24-13-14-26(17-21(24)2)30(22(3)31)25-9-5-6-10-25/h11-14,17,19,25H,5-10,15-16,18H2,1-4H3,(H,29,32). The molecule has 2 aromatic carbocycles. The highest BCUT2D eigenvalue weighted by atomic mass is 16.5. The van der Waals surface area contributed by atoms with Gasteiger partial charge in [-0.05, 0) is 86.4 Å². The van der Waals surface area contributed by atoms with E-state index in [2.05, 4.69) is 36.5 Å². The van der Waals surface area contributed by atoms with Gasteiger partial charge in [0.15, 0.2) is 0 Å². The molecule has 2 aromatic rings. The number of hydrogen-bond acceptors (Lipinski definition) is 3. The van der Waals surface area contributed by atoms with Crippen molar-refractivity contribution < 1.29 is 14.3 Å². The van der Waals surface area contributed by atoms with Crippen molar-refractivity contribution in [1.29, 1.82) is 0 Å². The third-order valence-electron chi connectivity index (χ3n) is 6.64. The first kappa shape index (κ1) is 25.0. The number of carbonyl (C=O) groups excluding carboxylic acids is 2. The number of hydrogen-bond donors (Lipinski definition) is 1. The summed E-state index contributed by atoms with van der Waals surface area (Å²) in [5, 5.41) is 3.03. The zero-order chi connectivity index (χ0) is 23.8. The molecule has 1 aliphatic carbocycles. The highest BCUT2D eigenvalue weighted by Gasteiger charge is 2.26. The summed E-state index contributed by atoms with van der Waals surface area (Å²) in [5.41, 5.74) is 6.20. The average molecular weight is 451 g/mol. The van der Waals surface area contributed by atoms with E-state index >= 15 is 0 Å². The van der Waals surface area contributed by atoms with Crippen LogP contribution in [-0.2, 0) is 16.0 Å². The summed E-state index contributed by atoms with van der Waals surface area (Å²) in [6.45, 7) is 7.11. The Morgan fingerprint density at radius 3 is 2.45 bits per heavy atom. The first-order valence-electron chi connectivity index (χ1n) is 12.2. The first-order valence-corrected chi connectivity index (χ1v) is 12.2. The monoisotopic (exact) mass is 450 g/mol. The predicted octanol–water partition coefficient (Wildman–Crippen LogP) is 5.35. The molecule has 0 saturated heterocycles. The molecular weight excluding hydrogens is 412 g/mol. The minimum Gasteiger partial charge on any atom is -0.385 e. The van der Waals surface area contributed by atoms with Crippen molar-refractivity contribution in [2.45, 2.75) is 71.8 Å². The summed E-state index contributed by atoms with van der Waals surface area (Å²) in [6.07, 6.45) is 7.16. The molecule has 0 heterocycles. The molecule has 1 aliphatic rings. The van der Waals surface area contributed by atoms with Gasteiger partial charge in [-0.25, -0.2) is 0 Å². The van der Waals surface area contributed by atoms with Gasteiger partial charge >= 0.3 is 0 Å². The van der Waals surface area contributed by atoms with Crippen LogP contribution in [0.25, 0.3) is 0 Å². The van der Waals surface area contributed by atoms with Crippen molar-refractivity contribution >= 4 is 17.5 Å². The number of methoxy groups -OCH3 is 1. The Morgan fingerprint density at radius 2 is 1.79 bits per heavy atom. The molecule has 0 atom stereocenters. The predicted molar refractivity (Wildman–Crippen MR) is 134 cm³/mol. The van der Waals surface area contributed by atoms with Crippen molar-refractivity contribution in [3.8, 4) is 0 Å². The van der Waals surface area contributed by atoms with Gasteiger partial charge < -0.3 is 15.0 Å². The van der Waals surface area contributed by atoms with Crippen molar-refractivity contribution in [1.82, 2.24) is 5.32 Å². The highest BCUT2D eigenvalue weighted by Crippen LogP contribution is 2.30. The molecule has 5 nitrogen and oxygen atoms in total. The van der Waals surface area contributed by atoms with Crippen LogP contribution < -0.4 is 10.2 Å².